The molecule has 69 heavy (non-hydrogen) atoms. The molecule has 4 aromatic rings. The SMILES string of the molecule is O=C1CC(=O)N(C(F)(F)Cc2cc(F)cc(Cl)c2)C(=O)N1C(F)(F)Cc1ccc(C(F)(F)F)cc1.O=C1CC(=O)N(CC(F)(F)c2cccc(Cl)c2)C(=O)N1CC(F)(F)c1ccc(C(F)(F)F)cc1. The number of hydrogen-bond donors (Lipinski definition) is 0. The van der Waals surface area contributed by atoms with Gasteiger partial charge < -0.3 is 0 Å². The van der Waals surface area contributed by atoms with E-state index in [4.69, 9.17) is 23.2 Å². The van der Waals surface area contributed by atoms with E-state index < -0.39 is 160 Å². The first-order chi connectivity index (χ1) is 31.6. The molecule has 10 nitrogen and oxygen atoms in total. The van der Waals surface area contributed by atoms with Gasteiger partial charge in [0.15, 0.2) is 0 Å². The number of carbonyl (C=O) groups excluding carboxylic acids is 6. The molecule has 2 aliphatic rings. The minimum absolute atomic E-state index is 0.0227. The van der Waals surface area contributed by atoms with Crippen LogP contribution >= 0.6 is 23.2 Å². The number of amides is 8. The van der Waals surface area contributed by atoms with Crippen molar-refractivity contribution in [3.8, 4) is 0 Å². The van der Waals surface area contributed by atoms with Gasteiger partial charge in [0.05, 0.1) is 37.1 Å². The van der Waals surface area contributed by atoms with Crippen molar-refractivity contribution in [3.63, 3.8) is 0 Å². The summed E-state index contributed by atoms with van der Waals surface area (Å²) in [5.74, 6) is -15.1. The summed E-state index contributed by atoms with van der Waals surface area (Å²) < 4.78 is 208. The van der Waals surface area contributed by atoms with Crippen LogP contribution in [0.2, 0.25) is 10.0 Å². The van der Waals surface area contributed by atoms with Crippen molar-refractivity contribution in [2.75, 3.05) is 13.1 Å². The predicted octanol–water partition coefficient (Wildman–Crippen LogP) is 11.1. The number of benzene rings is 4. The third-order valence-corrected chi connectivity index (χ3v) is 10.3. The summed E-state index contributed by atoms with van der Waals surface area (Å²) in [6.45, 7) is -3.21. The van der Waals surface area contributed by atoms with E-state index in [0.717, 1.165) is 24.3 Å². The van der Waals surface area contributed by atoms with Crippen LogP contribution in [0.3, 0.4) is 0 Å². The van der Waals surface area contributed by atoms with Gasteiger partial charge in [0, 0.05) is 21.2 Å². The number of carbonyl (C=O) groups is 6. The smallest absolute Gasteiger partial charge is 0.274 e. The third kappa shape index (κ3) is 12.6. The first-order valence-corrected chi connectivity index (χ1v) is 19.8. The van der Waals surface area contributed by atoms with Crippen LogP contribution in [-0.2, 0) is 56.2 Å². The molecule has 0 N–H and O–H groups in total. The number of halogens is 17. The highest BCUT2D eigenvalue weighted by Gasteiger charge is 2.57. The van der Waals surface area contributed by atoms with Crippen LogP contribution in [0, 0.1) is 5.82 Å². The van der Waals surface area contributed by atoms with Crippen molar-refractivity contribution in [1.29, 1.82) is 0 Å². The average Bonchev–Trinajstić information content (AvgIpc) is 3.19. The summed E-state index contributed by atoms with van der Waals surface area (Å²) in [7, 11) is 0. The lowest BCUT2D eigenvalue weighted by Crippen LogP contribution is -2.65. The molecule has 2 aliphatic heterocycles. The summed E-state index contributed by atoms with van der Waals surface area (Å²) in [6, 6.07) is -2.25. The number of hydrogen-bond acceptors (Lipinski definition) is 6. The van der Waals surface area contributed by atoms with Gasteiger partial charge in [-0.05, 0) is 65.7 Å². The second kappa shape index (κ2) is 19.6. The number of urea groups is 2. The highest BCUT2D eigenvalue weighted by molar-refractivity contribution is 6.31. The fraction of sp³-hybridized carbons (Fsp3) is 0.286. The Bertz CT molecular complexity index is 2630. The van der Waals surface area contributed by atoms with Gasteiger partial charge >= 0.3 is 36.5 Å². The Morgan fingerprint density at radius 1 is 0.435 bits per heavy atom. The van der Waals surface area contributed by atoms with Crippen LogP contribution in [0.4, 0.5) is 75.4 Å². The maximum atomic E-state index is 14.9. The molecule has 2 saturated heterocycles. The zero-order chi connectivity index (χ0) is 51.8. The third-order valence-electron chi connectivity index (χ3n) is 9.84. The van der Waals surface area contributed by atoms with E-state index in [9.17, 15) is 94.6 Å². The number of rotatable bonds is 12. The van der Waals surface area contributed by atoms with E-state index in [2.05, 4.69) is 0 Å². The summed E-state index contributed by atoms with van der Waals surface area (Å²) in [4.78, 5) is 71.7. The largest absolute Gasteiger partial charge is 0.416 e. The normalized spacial score (nSPS) is 15.8. The van der Waals surface area contributed by atoms with Crippen molar-refractivity contribution in [2.45, 2.75) is 62.0 Å². The van der Waals surface area contributed by atoms with Gasteiger partial charge in [-0.25, -0.2) is 23.8 Å². The minimum atomic E-state index is -4.78. The first-order valence-electron chi connectivity index (χ1n) is 19.0. The lowest BCUT2D eigenvalue weighted by molar-refractivity contribution is -0.190. The average molecular weight is 1040 g/mol. The molecular formula is C42H27Cl2F15N4O6. The van der Waals surface area contributed by atoms with Crippen molar-refractivity contribution in [2.24, 2.45) is 0 Å². The highest BCUT2D eigenvalue weighted by atomic mass is 35.5. The van der Waals surface area contributed by atoms with E-state index in [-0.39, 0.29) is 19.8 Å². The fourth-order valence-corrected chi connectivity index (χ4v) is 7.04. The lowest BCUT2D eigenvalue weighted by atomic mass is 10.0. The molecule has 0 atom stereocenters. The van der Waals surface area contributed by atoms with Crippen molar-refractivity contribution in [3.05, 3.63) is 140 Å². The van der Waals surface area contributed by atoms with Gasteiger partial charge in [0.2, 0.25) is 23.6 Å². The van der Waals surface area contributed by atoms with E-state index in [1.165, 1.54) is 12.1 Å². The van der Waals surface area contributed by atoms with Crippen LogP contribution < -0.4 is 0 Å². The van der Waals surface area contributed by atoms with Gasteiger partial charge in [-0.1, -0.05) is 59.6 Å². The first kappa shape index (κ1) is 53.6. The van der Waals surface area contributed by atoms with Crippen molar-refractivity contribution in [1.82, 2.24) is 19.6 Å². The zero-order valence-corrected chi connectivity index (χ0v) is 35.6. The van der Waals surface area contributed by atoms with Gasteiger partial charge in [0.25, 0.3) is 11.8 Å². The van der Waals surface area contributed by atoms with Gasteiger partial charge in [-0.15, -0.1) is 0 Å². The number of imide groups is 4. The maximum absolute atomic E-state index is 14.9. The molecule has 6 rings (SSSR count). The Morgan fingerprint density at radius 3 is 1.30 bits per heavy atom. The molecular weight excluding hydrogens is 1010 g/mol. The van der Waals surface area contributed by atoms with Crippen LogP contribution in [0.25, 0.3) is 0 Å². The Balaban J connectivity index is 0.000000258. The Kier molecular flexibility index (Phi) is 15.2. The molecule has 0 unspecified atom stereocenters. The lowest BCUT2D eigenvalue weighted by Gasteiger charge is -2.39. The Hall–Kier alpha value is -6.37. The number of nitrogens with zero attached hydrogens (tertiary/aromatic N) is 4. The number of alkyl halides is 14. The molecule has 4 aromatic carbocycles. The van der Waals surface area contributed by atoms with E-state index in [1.54, 1.807) is 0 Å². The second-order valence-corrected chi connectivity index (χ2v) is 15.9. The maximum Gasteiger partial charge on any atom is 0.416 e. The molecule has 370 valence electrons. The molecule has 0 aliphatic carbocycles. The topological polar surface area (TPSA) is 115 Å². The number of barbiturate groups is 2. The molecule has 0 saturated carbocycles. The summed E-state index contributed by atoms with van der Waals surface area (Å²) in [5.41, 5.74) is -4.87. The van der Waals surface area contributed by atoms with Gasteiger partial charge in [0.1, 0.15) is 18.7 Å². The van der Waals surface area contributed by atoms with E-state index in [1.807, 2.05) is 0 Å². The summed E-state index contributed by atoms with van der Waals surface area (Å²) >= 11 is 11.3. The molecule has 0 radical (unpaired) electrons. The molecule has 0 spiro atoms. The van der Waals surface area contributed by atoms with Crippen LogP contribution in [-0.4, -0.2) is 80.5 Å². The molecule has 27 heteroatoms. The summed E-state index contributed by atoms with van der Waals surface area (Å²) in [5, 5.41) is -0.339. The Labute approximate surface area is 387 Å². The fourth-order valence-electron chi connectivity index (χ4n) is 6.61. The zero-order valence-electron chi connectivity index (χ0n) is 34.1. The summed E-state index contributed by atoms with van der Waals surface area (Å²) in [6.07, 6.45) is -15.2. The van der Waals surface area contributed by atoms with Crippen LogP contribution in [0.1, 0.15) is 46.2 Å². The quantitative estimate of drug-likeness (QED) is 0.0793. The van der Waals surface area contributed by atoms with Crippen molar-refractivity contribution < 1.29 is 94.6 Å². The monoisotopic (exact) mass is 1040 g/mol. The predicted molar refractivity (Wildman–Crippen MR) is 208 cm³/mol. The highest BCUT2D eigenvalue weighted by Crippen LogP contribution is 2.39. The molecule has 2 fully saturated rings. The molecule has 0 aromatic heterocycles. The Morgan fingerprint density at radius 2 is 0.855 bits per heavy atom. The minimum Gasteiger partial charge on any atom is -0.274 e. The standard InChI is InChI=1S/C21H13ClF8N2O3.C21H14ClF7N2O3/c22-14-5-12(6-15(23)7-14)10-20(26,27)32-17(34)8-16(33)31(18(32)35)19(24,25)9-11-1-3-13(4-2-11)21(28,29)30;22-15-3-1-2-14(8-15)20(25,26)11-31-17(33)9-16(32)30(18(31)34)10-19(23,24)12-4-6-13(7-5-12)21(27,28)29/h1-7H,8-10H2;1-8H,9-11H2. The molecule has 8 amide bonds. The van der Waals surface area contributed by atoms with E-state index >= 15 is 0 Å². The van der Waals surface area contributed by atoms with Gasteiger partial charge in [-0.3, -0.25) is 29.0 Å². The second-order valence-electron chi connectivity index (χ2n) is 15.0. The van der Waals surface area contributed by atoms with E-state index in [0.29, 0.717) is 54.6 Å². The van der Waals surface area contributed by atoms with Crippen LogP contribution in [0.5, 0.6) is 0 Å². The molecule has 2 heterocycles. The van der Waals surface area contributed by atoms with Crippen molar-refractivity contribution >= 4 is 58.9 Å². The van der Waals surface area contributed by atoms with Crippen LogP contribution in [0.15, 0.2) is 91.0 Å². The van der Waals surface area contributed by atoms with Gasteiger partial charge in [-0.2, -0.15) is 61.5 Å². The molecule has 0 bridgehead atoms.